The Morgan fingerprint density at radius 2 is 1.71 bits per heavy atom. The summed E-state index contributed by atoms with van der Waals surface area (Å²) >= 11 is 0. The summed E-state index contributed by atoms with van der Waals surface area (Å²) < 4.78 is 5.02. The van der Waals surface area contributed by atoms with E-state index >= 15 is 0 Å². The molecule has 10 heteroatoms. The van der Waals surface area contributed by atoms with Crippen molar-refractivity contribution in [2.45, 2.75) is 13.8 Å². The van der Waals surface area contributed by atoms with E-state index in [0.29, 0.717) is 22.1 Å². The molecule has 0 radical (unpaired) electrons. The highest BCUT2D eigenvalue weighted by molar-refractivity contribution is 6.53. The minimum absolute atomic E-state index is 0.189. The first-order chi connectivity index (χ1) is 13.3. The maximum Gasteiger partial charge on any atom is 0.339 e. The van der Waals surface area contributed by atoms with Crippen molar-refractivity contribution in [1.29, 1.82) is 0 Å². The van der Waals surface area contributed by atoms with Gasteiger partial charge in [-0.15, -0.1) is 0 Å². The van der Waals surface area contributed by atoms with Crippen LogP contribution < -0.4 is 15.0 Å². The number of methoxy groups -OCH3 is 1. The molecule has 0 saturated carbocycles. The highest BCUT2D eigenvalue weighted by Crippen LogP contribution is 2.24. The number of hydrogen-bond acceptors (Lipinski definition) is 6. The van der Waals surface area contributed by atoms with Gasteiger partial charge in [0.25, 0.3) is 0 Å². The summed E-state index contributed by atoms with van der Waals surface area (Å²) in [5.74, 6) is -2.59. The number of rotatable bonds is 8. The highest BCUT2D eigenvalue weighted by atomic mass is 16.5. The minimum Gasteiger partial charge on any atom is -0.497 e. The molecule has 0 spiro atoms. The third kappa shape index (κ3) is 4.27. The van der Waals surface area contributed by atoms with Crippen LogP contribution in [0.15, 0.2) is 24.3 Å². The van der Waals surface area contributed by atoms with Gasteiger partial charge >= 0.3 is 17.8 Å². The third-order valence-electron chi connectivity index (χ3n) is 4.12. The number of benzene rings is 1. The van der Waals surface area contributed by atoms with Crippen LogP contribution in [0.2, 0.25) is 0 Å². The van der Waals surface area contributed by atoms with Crippen LogP contribution in [0.1, 0.15) is 13.8 Å². The Morgan fingerprint density at radius 3 is 2.25 bits per heavy atom. The van der Waals surface area contributed by atoms with Crippen LogP contribution in [0.4, 0.5) is 10.5 Å². The summed E-state index contributed by atoms with van der Waals surface area (Å²) in [5, 5.41) is 2.57. The fraction of sp³-hybridized carbons (Fsp3) is 0.389. The lowest BCUT2D eigenvalue weighted by atomic mass is 10.3. The van der Waals surface area contributed by atoms with Crippen molar-refractivity contribution in [2.24, 2.45) is 0 Å². The standard InChI is InChI=1S/C18H22N4O6/c1-4-19-14(23)10-20(5-2)15(24)11-21-16(25)17(26)22(18(21)27)12-6-8-13(28-3)9-7-12/h6-9H,4-5,10-11H2,1-3H3,(H,19,23). The van der Waals surface area contributed by atoms with Gasteiger partial charge in [-0.05, 0) is 38.1 Å². The van der Waals surface area contributed by atoms with Crippen molar-refractivity contribution < 1.29 is 28.7 Å². The van der Waals surface area contributed by atoms with Gasteiger partial charge < -0.3 is 15.0 Å². The van der Waals surface area contributed by atoms with Gasteiger partial charge in [0.1, 0.15) is 12.3 Å². The van der Waals surface area contributed by atoms with Crippen LogP contribution in [-0.4, -0.2) is 72.7 Å². The molecular weight excluding hydrogens is 368 g/mol. The zero-order chi connectivity index (χ0) is 20.8. The molecule has 0 unspecified atom stereocenters. The number of amides is 6. The van der Waals surface area contributed by atoms with E-state index in [4.69, 9.17) is 4.74 Å². The molecule has 1 fully saturated rings. The molecular formula is C18H22N4O6. The Kier molecular flexibility index (Phi) is 6.69. The first-order valence-corrected chi connectivity index (χ1v) is 8.72. The molecule has 0 aliphatic carbocycles. The summed E-state index contributed by atoms with van der Waals surface area (Å²) in [6.45, 7) is 3.22. The number of nitrogens with zero attached hydrogens (tertiary/aromatic N) is 3. The van der Waals surface area contributed by atoms with E-state index in [1.165, 1.54) is 24.1 Å². The van der Waals surface area contributed by atoms with E-state index < -0.39 is 30.3 Å². The second-order valence-corrected chi connectivity index (χ2v) is 5.87. The number of nitrogens with one attached hydrogen (secondary N) is 1. The number of ether oxygens (including phenoxy) is 1. The Balaban J connectivity index is 2.14. The number of likely N-dealkylation sites (N-methyl/N-ethyl adjacent to an activating group) is 2. The molecule has 1 aliphatic rings. The summed E-state index contributed by atoms with van der Waals surface area (Å²) in [5.41, 5.74) is 0.189. The monoisotopic (exact) mass is 390 g/mol. The number of carbonyl (C=O) groups excluding carboxylic acids is 5. The van der Waals surface area contributed by atoms with E-state index in [2.05, 4.69) is 5.32 Å². The fourth-order valence-electron chi connectivity index (χ4n) is 2.64. The molecule has 28 heavy (non-hydrogen) atoms. The fourth-order valence-corrected chi connectivity index (χ4v) is 2.64. The van der Waals surface area contributed by atoms with Gasteiger partial charge in [0.05, 0.1) is 19.3 Å². The maximum absolute atomic E-state index is 12.6. The van der Waals surface area contributed by atoms with Crippen LogP contribution in [0.3, 0.4) is 0 Å². The molecule has 1 aromatic rings. The molecule has 0 aromatic heterocycles. The summed E-state index contributed by atoms with van der Waals surface area (Å²) in [6, 6.07) is 5.09. The topological polar surface area (TPSA) is 116 Å². The molecule has 1 heterocycles. The van der Waals surface area contributed by atoms with E-state index in [-0.39, 0.29) is 24.7 Å². The van der Waals surface area contributed by atoms with Crippen molar-refractivity contribution in [3.05, 3.63) is 24.3 Å². The summed E-state index contributed by atoms with van der Waals surface area (Å²) in [6.07, 6.45) is 0. The highest BCUT2D eigenvalue weighted by Gasteiger charge is 2.46. The number of anilines is 1. The lowest BCUT2D eigenvalue weighted by molar-refractivity contribution is -0.143. The first-order valence-electron chi connectivity index (χ1n) is 8.72. The molecule has 2 rings (SSSR count). The maximum atomic E-state index is 12.6. The third-order valence-corrected chi connectivity index (χ3v) is 4.12. The smallest absolute Gasteiger partial charge is 0.339 e. The van der Waals surface area contributed by atoms with Crippen molar-refractivity contribution >= 4 is 35.3 Å². The molecule has 6 amide bonds. The van der Waals surface area contributed by atoms with Crippen molar-refractivity contribution in [3.8, 4) is 5.75 Å². The zero-order valence-corrected chi connectivity index (χ0v) is 15.9. The molecule has 1 aromatic carbocycles. The Bertz CT molecular complexity index is 792. The van der Waals surface area contributed by atoms with Crippen molar-refractivity contribution in [1.82, 2.24) is 15.1 Å². The van der Waals surface area contributed by atoms with Gasteiger partial charge in [-0.3, -0.25) is 19.2 Å². The zero-order valence-electron chi connectivity index (χ0n) is 15.9. The molecule has 0 atom stereocenters. The second-order valence-electron chi connectivity index (χ2n) is 5.87. The molecule has 10 nitrogen and oxygen atoms in total. The van der Waals surface area contributed by atoms with E-state index in [1.807, 2.05) is 0 Å². The van der Waals surface area contributed by atoms with Crippen molar-refractivity contribution in [2.75, 3.05) is 38.2 Å². The number of urea groups is 1. The van der Waals surface area contributed by atoms with E-state index in [9.17, 15) is 24.0 Å². The second kappa shape index (κ2) is 8.98. The largest absolute Gasteiger partial charge is 0.497 e. The van der Waals surface area contributed by atoms with Crippen LogP contribution in [-0.2, 0) is 19.2 Å². The van der Waals surface area contributed by atoms with Gasteiger partial charge in [0, 0.05) is 13.1 Å². The number of carbonyl (C=O) groups is 5. The van der Waals surface area contributed by atoms with Gasteiger partial charge in [-0.25, -0.2) is 14.6 Å². The minimum atomic E-state index is -1.09. The van der Waals surface area contributed by atoms with Crippen LogP contribution in [0, 0.1) is 0 Å². The van der Waals surface area contributed by atoms with Crippen LogP contribution in [0.5, 0.6) is 5.75 Å². The first kappa shape index (κ1) is 20.9. The Labute approximate surface area is 162 Å². The predicted octanol–water partition coefficient (Wildman–Crippen LogP) is -0.0250. The number of hydrogen-bond donors (Lipinski definition) is 1. The molecule has 1 N–H and O–H groups in total. The van der Waals surface area contributed by atoms with Gasteiger partial charge in [-0.2, -0.15) is 0 Å². The van der Waals surface area contributed by atoms with Gasteiger partial charge in [-0.1, -0.05) is 0 Å². The molecule has 1 saturated heterocycles. The lowest BCUT2D eigenvalue weighted by Crippen LogP contribution is -2.46. The van der Waals surface area contributed by atoms with Crippen molar-refractivity contribution in [3.63, 3.8) is 0 Å². The van der Waals surface area contributed by atoms with Gasteiger partial charge in [0.2, 0.25) is 11.8 Å². The van der Waals surface area contributed by atoms with Crippen LogP contribution >= 0.6 is 0 Å². The number of imide groups is 2. The molecule has 0 bridgehead atoms. The normalized spacial score (nSPS) is 13.8. The summed E-state index contributed by atoms with van der Waals surface area (Å²) in [4.78, 5) is 63.7. The average molecular weight is 390 g/mol. The average Bonchev–Trinajstić information content (AvgIpc) is 2.89. The Hall–Kier alpha value is -3.43. The quantitative estimate of drug-likeness (QED) is 0.492. The van der Waals surface area contributed by atoms with Crippen LogP contribution in [0.25, 0.3) is 0 Å². The lowest BCUT2D eigenvalue weighted by Gasteiger charge is -2.22. The molecule has 150 valence electrons. The molecule has 1 aliphatic heterocycles. The summed E-state index contributed by atoms with van der Waals surface area (Å²) in [7, 11) is 1.47. The SMILES string of the molecule is CCNC(=O)CN(CC)C(=O)CN1C(=O)C(=O)N(c2ccc(OC)cc2)C1=O. The Morgan fingerprint density at radius 1 is 1.07 bits per heavy atom. The van der Waals surface area contributed by atoms with E-state index in [1.54, 1.807) is 26.0 Å². The predicted molar refractivity (Wildman–Crippen MR) is 98.5 cm³/mol. The van der Waals surface area contributed by atoms with Gasteiger partial charge in [0.15, 0.2) is 0 Å². The van der Waals surface area contributed by atoms with E-state index in [0.717, 1.165) is 0 Å².